The number of rotatable bonds is 1. The number of hydrogen-bond donors (Lipinski definition) is 0. The largest absolute Gasteiger partial charge is 0.332 e. The Balaban J connectivity index is 1.94. The van der Waals surface area contributed by atoms with Gasteiger partial charge in [-0.25, -0.2) is 14.2 Å². The van der Waals surface area contributed by atoms with Crippen LogP contribution < -0.4 is 11.2 Å². The van der Waals surface area contributed by atoms with Crippen LogP contribution in [0.3, 0.4) is 0 Å². The summed E-state index contributed by atoms with van der Waals surface area (Å²) in [6.07, 6.45) is 0. The minimum Gasteiger partial charge on any atom is -0.293 e. The summed E-state index contributed by atoms with van der Waals surface area (Å²) in [4.78, 5) is 43.5. The van der Waals surface area contributed by atoms with Crippen LogP contribution >= 0.6 is 0 Å². The lowest BCUT2D eigenvalue weighted by molar-refractivity contribution is 0.0952. The first-order chi connectivity index (χ1) is 13.9. The number of carbonyl (C=O) groups excluding carboxylic acids is 1. The van der Waals surface area contributed by atoms with Crippen molar-refractivity contribution in [2.24, 2.45) is 25.0 Å². The molecule has 1 aromatic heterocycles. The second-order valence-electron chi connectivity index (χ2n) is 7.33. The molecule has 2 heterocycles. The Labute approximate surface area is 164 Å². The summed E-state index contributed by atoms with van der Waals surface area (Å²) in [5.74, 6) is -2.23. The van der Waals surface area contributed by atoms with Crippen molar-refractivity contribution in [3.63, 3.8) is 0 Å². The van der Waals surface area contributed by atoms with Crippen molar-refractivity contribution in [1.82, 2.24) is 9.13 Å². The third-order valence-corrected chi connectivity index (χ3v) is 5.82. The summed E-state index contributed by atoms with van der Waals surface area (Å²) in [5, 5.41) is 0. The molecule has 3 aromatic rings. The topological polar surface area (TPSA) is 73.4 Å². The first-order valence-corrected chi connectivity index (χ1v) is 9.18. The third kappa shape index (κ3) is 2.21. The number of aromatic nitrogens is 2. The van der Waals surface area contributed by atoms with E-state index in [1.165, 1.54) is 24.7 Å². The molecule has 0 amide bonds. The van der Waals surface area contributed by atoms with Crippen LogP contribution in [-0.2, 0) is 14.1 Å². The molecule has 0 bridgehead atoms. The van der Waals surface area contributed by atoms with Gasteiger partial charge in [0.1, 0.15) is 11.6 Å². The van der Waals surface area contributed by atoms with Crippen molar-refractivity contribution >= 4 is 17.3 Å². The fourth-order valence-electron chi connectivity index (χ4n) is 4.43. The molecule has 0 N–H and O–H groups in total. The van der Waals surface area contributed by atoms with E-state index in [4.69, 9.17) is 0 Å². The van der Waals surface area contributed by atoms with Gasteiger partial charge in [0.15, 0.2) is 5.78 Å². The molecule has 7 heteroatoms. The van der Waals surface area contributed by atoms with Gasteiger partial charge in [-0.1, -0.05) is 42.5 Å². The zero-order chi connectivity index (χ0) is 20.4. The highest BCUT2D eigenvalue weighted by atomic mass is 19.1. The van der Waals surface area contributed by atoms with Crippen LogP contribution in [0.25, 0.3) is 0 Å². The Kier molecular flexibility index (Phi) is 3.58. The SMILES string of the molecule is Cn1c2c(c(=O)n(C)c1=O)[C@@H](c1ccccc1F)[C@H]1C(=O)c3ccccc3C1=N2. The second-order valence-corrected chi connectivity index (χ2v) is 7.33. The molecular formula is C22H16FN3O3. The predicted octanol–water partition coefficient (Wildman–Crippen LogP) is 2.30. The number of halogens is 1. The van der Waals surface area contributed by atoms with Crippen LogP contribution in [0.5, 0.6) is 0 Å². The van der Waals surface area contributed by atoms with Crippen LogP contribution in [0.4, 0.5) is 10.2 Å². The lowest BCUT2D eigenvalue weighted by Gasteiger charge is -2.30. The van der Waals surface area contributed by atoms with Crippen molar-refractivity contribution in [2.45, 2.75) is 5.92 Å². The molecular weight excluding hydrogens is 373 g/mol. The lowest BCUT2D eigenvalue weighted by Crippen LogP contribution is -2.43. The Morgan fingerprint density at radius 3 is 2.24 bits per heavy atom. The van der Waals surface area contributed by atoms with Gasteiger partial charge < -0.3 is 0 Å². The van der Waals surface area contributed by atoms with E-state index in [2.05, 4.69) is 4.99 Å². The van der Waals surface area contributed by atoms with E-state index >= 15 is 0 Å². The van der Waals surface area contributed by atoms with Gasteiger partial charge >= 0.3 is 5.69 Å². The van der Waals surface area contributed by atoms with Crippen molar-refractivity contribution in [3.05, 3.63) is 97.4 Å². The average molecular weight is 389 g/mol. The number of hydrogen-bond acceptors (Lipinski definition) is 4. The smallest absolute Gasteiger partial charge is 0.293 e. The summed E-state index contributed by atoms with van der Waals surface area (Å²) >= 11 is 0. The number of nitrogens with zero attached hydrogens (tertiary/aromatic N) is 3. The van der Waals surface area contributed by atoms with Crippen LogP contribution in [0.2, 0.25) is 0 Å². The molecule has 5 rings (SSSR count). The van der Waals surface area contributed by atoms with Gasteiger partial charge in [0, 0.05) is 31.1 Å². The zero-order valence-electron chi connectivity index (χ0n) is 15.7. The molecule has 6 nitrogen and oxygen atoms in total. The van der Waals surface area contributed by atoms with Crippen molar-refractivity contribution in [2.75, 3.05) is 0 Å². The van der Waals surface area contributed by atoms with Crippen LogP contribution in [0, 0.1) is 11.7 Å². The molecule has 0 saturated carbocycles. The maximum absolute atomic E-state index is 14.9. The van der Waals surface area contributed by atoms with Gasteiger partial charge in [0.05, 0.1) is 17.2 Å². The summed E-state index contributed by atoms with van der Waals surface area (Å²) < 4.78 is 17.1. The number of benzene rings is 2. The molecule has 0 radical (unpaired) electrons. The van der Waals surface area contributed by atoms with Crippen molar-refractivity contribution in [3.8, 4) is 0 Å². The van der Waals surface area contributed by atoms with E-state index in [9.17, 15) is 18.8 Å². The molecule has 2 aliphatic rings. The predicted molar refractivity (Wildman–Crippen MR) is 106 cm³/mol. The van der Waals surface area contributed by atoms with Crippen molar-refractivity contribution in [1.29, 1.82) is 0 Å². The van der Waals surface area contributed by atoms with Gasteiger partial charge in [-0.2, -0.15) is 0 Å². The fourth-order valence-corrected chi connectivity index (χ4v) is 4.43. The summed E-state index contributed by atoms with van der Waals surface area (Å²) in [7, 11) is 2.89. The molecule has 29 heavy (non-hydrogen) atoms. The number of fused-ring (bicyclic) bond motifs is 4. The molecule has 0 unspecified atom stereocenters. The summed E-state index contributed by atoms with van der Waals surface area (Å²) in [6.45, 7) is 0. The highest BCUT2D eigenvalue weighted by Gasteiger charge is 2.48. The quantitative estimate of drug-likeness (QED) is 0.641. The Bertz CT molecular complexity index is 1370. The summed E-state index contributed by atoms with van der Waals surface area (Å²) in [6, 6.07) is 13.2. The maximum Gasteiger partial charge on any atom is 0.332 e. The molecule has 2 aromatic carbocycles. The Hall–Kier alpha value is -3.61. The average Bonchev–Trinajstić information content (AvgIpc) is 3.02. The first-order valence-electron chi connectivity index (χ1n) is 9.18. The van der Waals surface area contributed by atoms with E-state index in [-0.39, 0.29) is 22.7 Å². The molecule has 0 spiro atoms. The molecule has 0 fully saturated rings. The van der Waals surface area contributed by atoms with Gasteiger partial charge in [-0.05, 0) is 11.6 Å². The molecule has 2 atom stereocenters. The fraction of sp³-hybridized carbons (Fsp3) is 0.182. The van der Waals surface area contributed by atoms with E-state index < -0.39 is 28.9 Å². The van der Waals surface area contributed by atoms with Crippen LogP contribution in [0.1, 0.15) is 33.0 Å². The highest BCUT2D eigenvalue weighted by molar-refractivity contribution is 6.30. The summed E-state index contributed by atoms with van der Waals surface area (Å²) in [5.41, 5.74) is 0.923. The standard InChI is InChI=1S/C22H16FN3O3/c1-25-20-17(21(28)26(2)22(25)29)15(13-9-5-6-10-14(13)23)16-18(24-20)11-7-3-4-8-12(11)19(16)27/h3-10,15-16H,1-2H3/t15-,16+/m0/s1. The van der Waals surface area contributed by atoms with Crippen LogP contribution in [-0.4, -0.2) is 20.6 Å². The van der Waals surface area contributed by atoms with Crippen LogP contribution in [0.15, 0.2) is 63.1 Å². The highest BCUT2D eigenvalue weighted by Crippen LogP contribution is 2.46. The minimum atomic E-state index is -0.871. The monoisotopic (exact) mass is 389 g/mol. The minimum absolute atomic E-state index is 0.162. The van der Waals surface area contributed by atoms with E-state index in [1.807, 2.05) is 0 Å². The van der Waals surface area contributed by atoms with Gasteiger partial charge in [-0.15, -0.1) is 0 Å². The molecule has 1 aliphatic heterocycles. The lowest BCUT2D eigenvalue weighted by atomic mass is 9.76. The maximum atomic E-state index is 14.9. The number of Topliss-reactive ketones (excluding diaryl/α,β-unsaturated/α-hetero) is 1. The normalized spacial score (nSPS) is 19.4. The van der Waals surface area contributed by atoms with E-state index in [1.54, 1.807) is 42.5 Å². The van der Waals surface area contributed by atoms with E-state index in [0.717, 1.165) is 4.57 Å². The van der Waals surface area contributed by atoms with Gasteiger partial charge in [0.25, 0.3) is 5.56 Å². The zero-order valence-corrected chi connectivity index (χ0v) is 15.7. The molecule has 144 valence electrons. The Morgan fingerprint density at radius 2 is 1.52 bits per heavy atom. The van der Waals surface area contributed by atoms with Gasteiger partial charge in [0.2, 0.25) is 0 Å². The molecule has 1 aliphatic carbocycles. The number of carbonyl (C=O) groups is 1. The Morgan fingerprint density at radius 1 is 0.862 bits per heavy atom. The van der Waals surface area contributed by atoms with Crippen molar-refractivity contribution < 1.29 is 9.18 Å². The molecule has 0 saturated heterocycles. The third-order valence-electron chi connectivity index (χ3n) is 5.82. The number of aliphatic imine (C=N–C) groups is 1. The van der Waals surface area contributed by atoms with Gasteiger partial charge in [-0.3, -0.25) is 18.7 Å². The second kappa shape index (κ2) is 5.94. The van der Waals surface area contributed by atoms with E-state index in [0.29, 0.717) is 16.8 Å². The number of ketones is 1. The first kappa shape index (κ1) is 17.5.